The fourth-order valence-corrected chi connectivity index (χ4v) is 12.7. The molecular weight excluding hydrogens is 980 g/mol. The van der Waals surface area contributed by atoms with E-state index in [9.17, 15) is 56.7 Å². The monoisotopic (exact) mass is 1030 g/mol. The molecule has 0 aliphatic carbocycles. The van der Waals surface area contributed by atoms with Gasteiger partial charge < -0.3 is 27.0 Å². The Morgan fingerprint density at radius 3 is 2.02 bits per heavy atom. The molecule has 2 atom stereocenters. The van der Waals surface area contributed by atoms with Crippen LogP contribution in [0.15, 0.2) is 82.3 Å². The van der Waals surface area contributed by atoms with Gasteiger partial charge in [0.25, 0.3) is 20.2 Å². The predicted molar refractivity (Wildman–Crippen MR) is 233 cm³/mol. The van der Waals surface area contributed by atoms with Gasteiger partial charge in [0.2, 0.25) is 0 Å². The van der Waals surface area contributed by atoms with E-state index in [1.807, 2.05) is 17.9 Å². The Balaban J connectivity index is 1.81. The number of methoxy groups -OCH3 is 1. The third-order valence-electron chi connectivity index (χ3n) is 10.5. The lowest BCUT2D eigenvalue weighted by Crippen LogP contribution is -2.38. The van der Waals surface area contributed by atoms with Crippen molar-refractivity contribution in [1.82, 2.24) is 0 Å². The Morgan fingerprint density at radius 1 is 0.783 bits per heavy atom. The fourth-order valence-electron chi connectivity index (χ4n) is 7.48. The van der Waals surface area contributed by atoms with E-state index in [0.717, 1.165) is 3.51 Å². The van der Waals surface area contributed by atoms with E-state index in [-0.39, 0.29) is 37.0 Å². The first kappa shape index (κ1) is 49.6. The fraction of sp³-hybridized carbons (Fsp3) is 0.474. The second-order valence-corrected chi connectivity index (χ2v) is 23.6. The molecular formula is C38H49IN2O15S4-2. The number of rotatable bonds is 22. The van der Waals surface area contributed by atoms with Crippen LogP contribution in [0, 0.1) is 0 Å². The lowest BCUT2D eigenvalue weighted by atomic mass is 9.75. The van der Waals surface area contributed by atoms with E-state index in [4.69, 9.17) is 9.84 Å². The molecule has 2 aliphatic heterocycles. The van der Waals surface area contributed by atoms with Crippen molar-refractivity contribution in [3.05, 3.63) is 83.6 Å². The molecule has 2 heterocycles. The van der Waals surface area contributed by atoms with Crippen molar-refractivity contribution in [3.8, 4) is 0 Å². The zero-order valence-electron chi connectivity index (χ0n) is 33.2. The van der Waals surface area contributed by atoms with E-state index in [1.165, 1.54) is 30.3 Å². The van der Waals surface area contributed by atoms with Crippen LogP contribution in [0.3, 0.4) is 0 Å². The highest BCUT2D eigenvalue weighted by atomic mass is 127. The molecule has 22 heteroatoms. The van der Waals surface area contributed by atoms with Gasteiger partial charge in [0.05, 0.1) is 38.8 Å². The summed E-state index contributed by atoms with van der Waals surface area (Å²) in [7, 11) is -16.9. The summed E-state index contributed by atoms with van der Waals surface area (Å²) >= 11 is -1.01. The van der Waals surface area contributed by atoms with Gasteiger partial charge in [-0.15, -0.1) is 0 Å². The molecule has 0 bridgehead atoms. The number of nitrogens with zero attached hydrogens (tertiary/aromatic N) is 2. The summed E-state index contributed by atoms with van der Waals surface area (Å²) in [5, 5.41) is 9.11. The Kier molecular flexibility index (Phi) is 16.5. The number of hydrogen-bond donors (Lipinski definition) is 3. The summed E-state index contributed by atoms with van der Waals surface area (Å²) in [5.74, 6) is -2.15. The molecule has 0 amide bonds. The van der Waals surface area contributed by atoms with Crippen molar-refractivity contribution in [1.29, 1.82) is 0 Å². The van der Waals surface area contributed by atoms with Crippen LogP contribution in [0.1, 0.15) is 76.3 Å². The molecule has 2 aromatic carbocycles. The van der Waals surface area contributed by atoms with Crippen molar-refractivity contribution >= 4 is 82.3 Å². The van der Waals surface area contributed by atoms with Crippen LogP contribution in [0.5, 0.6) is 0 Å². The van der Waals surface area contributed by atoms with Crippen LogP contribution in [0.25, 0.3) is 0 Å². The van der Waals surface area contributed by atoms with Gasteiger partial charge in [-0.3, -0.25) is 13.9 Å². The number of ether oxygens (including phenoxy) is 1. The number of carboxylic acid groups (broad SMARTS) is 1. The number of halogens is 1. The number of allylic oxidation sites excluding steroid dienone is 6. The standard InChI is InChI=1S/C38H51IN2O15S4/c1-37(19-10-24-57(44,45)46)31-27-29(60(53,54)55)16-18-33(31)41(22-23-56-3)39-34(37)12-6-4-7-13-35-38(2,20-11-25-58(47,48)49)30-26-28(59(50,51)52)15-17-32(30)40(35)21-9-5-8-14-36(42)43/h4,6-7,12-13,15-18,26-27H,5,8-11,14,19-25H2,1-3H3,(H,42,43)(H,44,45,46)(H,47,48,49)(H,50,51,52)(H,53,54,55)/p-2/b7-4+,12-6+,35-13+. The van der Waals surface area contributed by atoms with Gasteiger partial charge >= 0.3 is 5.97 Å². The predicted octanol–water partition coefficient (Wildman–Crippen LogP) is 5.03. The van der Waals surface area contributed by atoms with Crippen LogP contribution in [0.4, 0.5) is 11.4 Å². The Morgan fingerprint density at radius 2 is 1.40 bits per heavy atom. The van der Waals surface area contributed by atoms with Gasteiger partial charge in [-0.1, -0.05) is 37.6 Å². The van der Waals surface area contributed by atoms with Crippen LogP contribution >= 0.6 is 21.0 Å². The quantitative estimate of drug-likeness (QED) is 0.0458. The lowest BCUT2D eigenvalue weighted by Gasteiger charge is -2.40. The zero-order valence-corrected chi connectivity index (χ0v) is 38.6. The van der Waals surface area contributed by atoms with Crippen molar-refractivity contribution in [2.75, 3.05) is 46.3 Å². The first-order valence-electron chi connectivity index (χ1n) is 18.8. The van der Waals surface area contributed by atoms with Crippen molar-refractivity contribution in [2.24, 2.45) is 0 Å². The summed E-state index contributed by atoms with van der Waals surface area (Å²) in [6.07, 6.45) is 10.4. The minimum absolute atomic E-state index is 0.0280. The molecule has 2 aliphatic rings. The molecule has 334 valence electrons. The van der Waals surface area contributed by atoms with Crippen LogP contribution in [-0.2, 0) is 60.8 Å². The number of hydrogen-bond acceptors (Lipinski definition) is 14. The molecule has 0 saturated carbocycles. The molecule has 4 rings (SSSR count). The maximum Gasteiger partial charge on any atom is 0.303 e. The molecule has 2 aromatic rings. The van der Waals surface area contributed by atoms with E-state index in [1.54, 1.807) is 44.4 Å². The number of benzene rings is 2. The second-order valence-electron chi connectivity index (χ2n) is 14.9. The molecule has 3 N–H and O–H groups in total. The van der Waals surface area contributed by atoms with Crippen LogP contribution in [0.2, 0.25) is 0 Å². The summed E-state index contributed by atoms with van der Waals surface area (Å²) in [5.41, 5.74) is 0.802. The number of carbonyl (C=O) groups is 1. The highest BCUT2D eigenvalue weighted by molar-refractivity contribution is 14.2. The largest absolute Gasteiger partial charge is 0.748 e. The normalized spacial score (nSPS) is 20.7. The van der Waals surface area contributed by atoms with Gasteiger partial charge in [0, 0.05) is 78.2 Å². The highest BCUT2D eigenvalue weighted by Gasteiger charge is 2.43. The molecule has 0 fully saturated rings. The summed E-state index contributed by atoms with van der Waals surface area (Å²) in [6, 6.07) is 8.20. The van der Waals surface area contributed by atoms with E-state index in [2.05, 4.69) is 3.11 Å². The first-order chi connectivity index (χ1) is 27.8. The minimum atomic E-state index is -4.89. The third kappa shape index (κ3) is 13.0. The Hall–Kier alpha value is -3.07. The number of carboxylic acids is 1. The molecule has 0 aromatic heterocycles. The number of anilines is 2. The van der Waals surface area contributed by atoms with E-state index >= 15 is 0 Å². The van der Waals surface area contributed by atoms with Crippen molar-refractivity contribution < 1.29 is 66.5 Å². The van der Waals surface area contributed by atoms with E-state index < -0.39 is 94.7 Å². The minimum Gasteiger partial charge on any atom is -0.748 e. The highest BCUT2D eigenvalue weighted by Crippen LogP contribution is 2.51. The first-order valence-corrected chi connectivity index (χ1v) is 26.8. The van der Waals surface area contributed by atoms with Gasteiger partial charge in [-0.25, -0.2) is 16.8 Å². The Bertz CT molecular complexity index is 2500. The van der Waals surface area contributed by atoms with Crippen LogP contribution in [-0.4, -0.2) is 105 Å². The number of aliphatic carboxylic acids is 1. The van der Waals surface area contributed by atoms with Crippen LogP contribution < -0.4 is 8.01 Å². The van der Waals surface area contributed by atoms with Gasteiger partial charge in [0.15, 0.2) is 0 Å². The second kappa shape index (κ2) is 20.0. The lowest BCUT2D eigenvalue weighted by molar-refractivity contribution is -0.137. The molecule has 17 nitrogen and oxygen atoms in total. The van der Waals surface area contributed by atoms with Gasteiger partial charge in [-0.2, -0.15) is 16.8 Å². The van der Waals surface area contributed by atoms with Crippen molar-refractivity contribution in [3.63, 3.8) is 0 Å². The van der Waals surface area contributed by atoms with Gasteiger partial charge in [0.1, 0.15) is 10.1 Å². The Labute approximate surface area is 362 Å². The smallest absolute Gasteiger partial charge is 0.303 e. The summed E-state index contributed by atoms with van der Waals surface area (Å²) in [4.78, 5) is 12.2. The molecule has 0 radical (unpaired) electrons. The maximum absolute atomic E-state index is 12.3. The number of unbranched alkanes of at least 4 members (excludes halogenated alkanes) is 2. The maximum atomic E-state index is 12.3. The van der Waals surface area contributed by atoms with E-state index in [0.29, 0.717) is 67.2 Å². The average Bonchev–Trinajstić information content (AvgIpc) is 3.35. The molecule has 0 saturated heterocycles. The molecule has 0 spiro atoms. The average molecular weight is 1030 g/mol. The van der Waals surface area contributed by atoms with Crippen molar-refractivity contribution in [2.45, 2.75) is 85.8 Å². The number of fused-ring (bicyclic) bond motifs is 2. The molecule has 60 heavy (non-hydrogen) atoms. The zero-order chi connectivity index (χ0) is 44.7. The molecule has 2 unspecified atom stereocenters. The summed E-state index contributed by atoms with van der Waals surface area (Å²) < 4.78 is 147. The third-order valence-corrected chi connectivity index (χ3v) is 17.4. The SMILES string of the molecule is COCCN1I=C(/C=C/C=C/C=C2/N(CCCCCC(=O)O)c3ccc(S(=O)(=O)[O-])cc3C2(C)CCCS(=O)(=O)[O-])C(C)(CCCS(=O)(=O)O)c2cc(S(=O)(=O)O)ccc21. The summed E-state index contributed by atoms with van der Waals surface area (Å²) in [6.45, 7) is 4.74. The topological polar surface area (TPSA) is 276 Å². The van der Waals surface area contributed by atoms with Gasteiger partial charge in [-0.05, 0) is 99.0 Å².